The Morgan fingerprint density at radius 2 is 1.69 bits per heavy atom. The third-order valence-corrected chi connectivity index (χ3v) is 10.9. The van der Waals surface area contributed by atoms with E-state index in [-0.39, 0.29) is 65.8 Å². The highest BCUT2D eigenvalue weighted by Crippen LogP contribution is 2.43. The van der Waals surface area contributed by atoms with Gasteiger partial charge in [-0.05, 0) is 84.4 Å². The largest absolute Gasteiger partial charge is 0.474 e. The summed E-state index contributed by atoms with van der Waals surface area (Å²) in [5.74, 6) is -0.721. The van der Waals surface area contributed by atoms with E-state index in [4.69, 9.17) is 14.2 Å². The summed E-state index contributed by atoms with van der Waals surface area (Å²) in [7, 11) is -3.49. The van der Waals surface area contributed by atoms with Crippen LogP contribution in [-0.2, 0) is 19.5 Å². The number of ether oxygens (including phenoxy) is 3. The van der Waals surface area contributed by atoms with Gasteiger partial charge in [-0.1, -0.05) is 0 Å². The number of sulfonamides is 1. The summed E-state index contributed by atoms with van der Waals surface area (Å²) in [5, 5.41) is 12.7. The van der Waals surface area contributed by atoms with Crippen molar-refractivity contribution in [3.8, 4) is 17.0 Å². The fourth-order valence-electron chi connectivity index (χ4n) is 6.03. The summed E-state index contributed by atoms with van der Waals surface area (Å²) in [6, 6.07) is 2.20. The Hall–Kier alpha value is -4.77. The average molecular weight is 729 g/mol. The first kappa shape index (κ1) is 36.0. The van der Waals surface area contributed by atoms with E-state index in [0.29, 0.717) is 23.8 Å². The van der Waals surface area contributed by atoms with Crippen molar-refractivity contribution in [3.05, 3.63) is 35.9 Å². The molecular formula is C34H41FN6O9S. The van der Waals surface area contributed by atoms with Crippen molar-refractivity contribution in [3.63, 3.8) is 0 Å². The van der Waals surface area contributed by atoms with E-state index in [2.05, 4.69) is 15.3 Å². The van der Waals surface area contributed by atoms with Crippen LogP contribution in [0.3, 0.4) is 0 Å². The topological polar surface area (TPSA) is 181 Å². The smallest absolute Gasteiger partial charge is 0.415 e. The quantitative estimate of drug-likeness (QED) is 0.309. The molecule has 274 valence electrons. The van der Waals surface area contributed by atoms with Gasteiger partial charge in [0.05, 0.1) is 23.5 Å². The molecule has 3 aliphatic rings. The number of nitrogens with one attached hydrogen (secondary N) is 1. The first-order valence-electron chi connectivity index (χ1n) is 16.5. The Morgan fingerprint density at radius 3 is 2.29 bits per heavy atom. The molecule has 15 nitrogen and oxygen atoms in total. The fraction of sp³-hybridized carbons (Fsp3) is 0.500. The van der Waals surface area contributed by atoms with Crippen LogP contribution in [-0.4, -0.2) is 94.8 Å². The molecule has 0 atom stereocenters. The number of amides is 3. The Balaban J connectivity index is 1.45. The van der Waals surface area contributed by atoms with Crippen LogP contribution in [0.5, 0.6) is 5.88 Å². The summed E-state index contributed by atoms with van der Waals surface area (Å²) in [5.41, 5.74) is -1.03. The van der Waals surface area contributed by atoms with Crippen LogP contribution in [0.4, 0.5) is 36.0 Å². The lowest BCUT2D eigenvalue weighted by atomic mass is 9.96. The highest BCUT2D eigenvalue weighted by Gasteiger charge is 2.48. The van der Waals surface area contributed by atoms with Gasteiger partial charge in [-0.15, -0.1) is 0 Å². The zero-order chi connectivity index (χ0) is 37.2. The molecule has 2 aliphatic heterocycles. The maximum atomic E-state index is 16.7. The van der Waals surface area contributed by atoms with E-state index in [1.165, 1.54) is 33.7 Å². The van der Waals surface area contributed by atoms with Crippen molar-refractivity contribution in [1.29, 1.82) is 0 Å². The normalized spacial score (nSPS) is 16.9. The molecule has 0 bridgehead atoms. The minimum Gasteiger partial charge on any atom is -0.474 e. The number of pyridine rings is 2. The molecule has 1 aromatic carbocycles. The van der Waals surface area contributed by atoms with E-state index in [1.54, 1.807) is 48.5 Å². The van der Waals surface area contributed by atoms with Crippen molar-refractivity contribution in [1.82, 2.24) is 14.3 Å². The van der Waals surface area contributed by atoms with Gasteiger partial charge in [-0.25, -0.2) is 37.2 Å². The van der Waals surface area contributed by atoms with E-state index in [1.807, 2.05) is 0 Å². The van der Waals surface area contributed by atoms with Crippen LogP contribution in [0.1, 0.15) is 59.9 Å². The Morgan fingerprint density at radius 1 is 1.02 bits per heavy atom. The Kier molecular flexibility index (Phi) is 9.03. The Bertz CT molecular complexity index is 2040. The molecular weight excluding hydrogens is 687 g/mol. The molecule has 3 amide bonds. The number of aromatic nitrogens is 2. The number of rotatable bonds is 6. The van der Waals surface area contributed by atoms with Gasteiger partial charge in [0.15, 0.2) is 5.82 Å². The molecule has 6 rings (SSSR count). The van der Waals surface area contributed by atoms with Gasteiger partial charge < -0.3 is 19.3 Å². The SMILES string of the molecule is Cc1c(-c2cc3cc(N(C(=O)O)C4CN(S(=O)(=O)C5CC5)C4)ncc3c(NC(=O)OC(C)(C)C)c2F)cnc2c1N(C(=O)OC(C)(C)C)CCO2. The summed E-state index contributed by atoms with van der Waals surface area (Å²) in [6.07, 6.45) is 0.889. The van der Waals surface area contributed by atoms with Crippen molar-refractivity contribution in [2.75, 3.05) is 41.4 Å². The minimum atomic E-state index is -3.49. The molecule has 2 fully saturated rings. The van der Waals surface area contributed by atoms with Crippen LogP contribution in [0.25, 0.3) is 21.9 Å². The fourth-order valence-corrected chi connectivity index (χ4v) is 7.94. The molecule has 2 aromatic heterocycles. The van der Waals surface area contributed by atoms with Gasteiger partial charge in [0, 0.05) is 42.0 Å². The minimum absolute atomic E-state index is 0.0194. The van der Waals surface area contributed by atoms with Crippen LogP contribution in [0.15, 0.2) is 24.5 Å². The second-order valence-electron chi connectivity index (χ2n) is 14.8. The summed E-state index contributed by atoms with van der Waals surface area (Å²) < 4.78 is 60.2. The van der Waals surface area contributed by atoms with Crippen LogP contribution in [0.2, 0.25) is 0 Å². The lowest BCUT2D eigenvalue weighted by Gasteiger charge is -2.42. The molecule has 1 saturated heterocycles. The highest BCUT2D eigenvalue weighted by molar-refractivity contribution is 7.90. The van der Waals surface area contributed by atoms with Gasteiger partial charge in [-0.3, -0.25) is 15.1 Å². The van der Waals surface area contributed by atoms with Crippen LogP contribution < -0.4 is 19.9 Å². The third kappa shape index (κ3) is 7.22. The molecule has 1 saturated carbocycles. The standard InChI is InChI=1S/C34H41FN6O9S/c1-18-23(14-37-29-28(18)40(10-11-48-29)32(45)50-34(5,6)7)22-12-19-13-25(36-15-24(19)27(26(22)35)38-30(42)49-33(2,3)4)41(31(43)44)20-16-39(17-20)51(46,47)21-8-9-21/h12-15,20-21H,8-11,16-17H2,1-7H3,(H,38,42)(H,43,44). The highest BCUT2D eigenvalue weighted by atomic mass is 32.2. The molecule has 2 N–H and O–H groups in total. The number of carbonyl (C=O) groups excluding carboxylic acids is 2. The molecule has 0 spiro atoms. The third-order valence-electron chi connectivity index (χ3n) is 8.53. The van der Waals surface area contributed by atoms with E-state index >= 15 is 4.39 Å². The zero-order valence-electron chi connectivity index (χ0n) is 29.4. The molecule has 3 aromatic rings. The summed E-state index contributed by atoms with van der Waals surface area (Å²) >= 11 is 0. The monoisotopic (exact) mass is 728 g/mol. The average Bonchev–Trinajstić information content (AvgIpc) is 3.84. The second kappa shape index (κ2) is 12.8. The molecule has 17 heteroatoms. The second-order valence-corrected chi connectivity index (χ2v) is 17.0. The van der Waals surface area contributed by atoms with Gasteiger partial charge >= 0.3 is 18.3 Å². The van der Waals surface area contributed by atoms with E-state index in [9.17, 15) is 27.9 Å². The Labute approximate surface area is 294 Å². The van der Waals surface area contributed by atoms with Crippen molar-refractivity contribution >= 4 is 56.3 Å². The number of fused-ring (bicyclic) bond motifs is 2. The van der Waals surface area contributed by atoms with Crippen molar-refractivity contribution < 1.29 is 46.5 Å². The first-order valence-corrected chi connectivity index (χ1v) is 18.0. The summed E-state index contributed by atoms with van der Waals surface area (Å²) in [6.45, 7) is 12.1. The predicted molar refractivity (Wildman–Crippen MR) is 186 cm³/mol. The number of hydrogen-bond donors (Lipinski definition) is 2. The lowest BCUT2D eigenvalue weighted by molar-refractivity contribution is 0.0564. The van der Waals surface area contributed by atoms with E-state index < -0.39 is 56.6 Å². The van der Waals surface area contributed by atoms with E-state index in [0.717, 1.165) is 4.90 Å². The first-order chi connectivity index (χ1) is 23.7. The number of carbonyl (C=O) groups is 3. The number of anilines is 3. The number of halogens is 1. The van der Waals surface area contributed by atoms with Crippen LogP contribution in [0, 0.1) is 12.7 Å². The van der Waals surface area contributed by atoms with Gasteiger partial charge in [0.25, 0.3) is 0 Å². The number of hydrogen-bond acceptors (Lipinski definition) is 10. The summed E-state index contributed by atoms with van der Waals surface area (Å²) in [4.78, 5) is 49.9. The van der Waals surface area contributed by atoms with Gasteiger partial charge in [-0.2, -0.15) is 4.31 Å². The maximum Gasteiger partial charge on any atom is 0.415 e. The number of carboxylic acid groups (broad SMARTS) is 1. The van der Waals surface area contributed by atoms with Crippen LogP contribution >= 0.6 is 0 Å². The molecule has 4 heterocycles. The lowest BCUT2D eigenvalue weighted by Crippen LogP contribution is -2.63. The van der Waals surface area contributed by atoms with Gasteiger partial charge in [0.2, 0.25) is 15.9 Å². The van der Waals surface area contributed by atoms with Crippen molar-refractivity contribution in [2.45, 2.75) is 83.8 Å². The maximum absolute atomic E-state index is 16.7. The zero-order valence-corrected chi connectivity index (χ0v) is 30.3. The van der Waals surface area contributed by atoms with Gasteiger partial charge in [0.1, 0.15) is 29.3 Å². The molecule has 51 heavy (non-hydrogen) atoms. The molecule has 1 aliphatic carbocycles. The number of benzene rings is 1. The van der Waals surface area contributed by atoms with Crippen molar-refractivity contribution in [2.24, 2.45) is 0 Å². The predicted octanol–water partition coefficient (Wildman–Crippen LogP) is 5.89. The number of nitrogens with zero attached hydrogens (tertiary/aromatic N) is 5. The molecule has 0 radical (unpaired) electrons. The molecule has 0 unspecified atom stereocenters.